The number of carbonyl (C=O) groups excluding carboxylic acids is 1. The molecular weight excluding hydrogens is 392 g/mol. The van der Waals surface area contributed by atoms with Gasteiger partial charge in [-0.1, -0.05) is 37.6 Å². The summed E-state index contributed by atoms with van der Waals surface area (Å²) in [5.41, 5.74) is 3.21. The number of aromatic carboxylic acids is 1. The van der Waals surface area contributed by atoms with E-state index in [0.29, 0.717) is 12.4 Å². The van der Waals surface area contributed by atoms with E-state index in [4.69, 9.17) is 4.74 Å². The molecule has 0 aromatic heterocycles. The van der Waals surface area contributed by atoms with Crippen molar-refractivity contribution < 1.29 is 19.4 Å². The quantitative estimate of drug-likeness (QED) is 0.583. The molecule has 0 saturated carbocycles. The van der Waals surface area contributed by atoms with E-state index in [1.807, 2.05) is 6.07 Å². The molecule has 1 saturated heterocycles. The Morgan fingerprint density at radius 2 is 1.87 bits per heavy atom. The van der Waals surface area contributed by atoms with E-state index in [1.54, 1.807) is 19.1 Å². The number of ether oxygens (including phenoxy) is 1. The second-order valence-corrected chi connectivity index (χ2v) is 7.91. The summed E-state index contributed by atoms with van der Waals surface area (Å²) < 4.78 is 5.46. The van der Waals surface area contributed by atoms with Crippen LogP contribution in [0.3, 0.4) is 0 Å². The molecule has 6 nitrogen and oxygen atoms in total. The van der Waals surface area contributed by atoms with Crippen molar-refractivity contribution >= 4 is 17.6 Å². The van der Waals surface area contributed by atoms with Crippen molar-refractivity contribution in [2.75, 3.05) is 24.6 Å². The van der Waals surface area contributed by atoms with Crippen LogP contribution in [-0.2, 0) is 11.2 Å². The molecule has 2 N–H and O–H groups in total. The summed E-state index contributed by atoms with van der Waals surface area (Å²) in [6, 6.07) is 13.1. The Balaban J connectivity index is 1.76. The summed E-state index contributed by atoms with van der Waals surface area (Å²) in [5, 5.41) is 12.5. The van der Waals surface area contributed by atoms with Gasteiger partial charge < -0.3 is 20.1 Å². The lowest BCUT2D eigenvalue weighted by atomic mass is 9.99. The van der Waals surface area contributed by atoms with E-state index in [0.717, 1.165) is 37.1 Å². The SMILES string of the molecule is CCCC(NC(=O)Cc1ccc(C(=O)O)c(OCC)c1)c1ccccc1N1CCCC1. The molecule has 6 heteroatoms. The van der Waals surface area contributed by atoms with Gasteiger partial charge in [-0.3, -0.25) is 4.79 Å². The summed E-state index contributed by atoms with van der Waals surface area (Å²) in [6.07, 6.45) is 4.40. The van der Waals surface area contributed by atoms with Gasteiger partial charge in [0.15, 0.2) is 0 Å². The zero-order valence-electron chi connectivity index (χ0n) is 18.4. The van der Waals surface area contributed by atoms with Gasteiger partial charge in [-0.05, 0) is 55.5 Å². The average molecular weight is 425 g/mol. The molecule has 1 heterocycles. The Bertz CT molecular complexity index is 906. The maximum atomic E-state index is 12.9. The molecule has 0 bridgehead atoms. The van der Waals surface area contributed by atoms with E-state index < -0.39 is 5.97 Å². The van der Waals surface area contributed by atoms with Crippen LogP contribution in [0.5, 0.6) is 5.75 Å². The Kier molecular flexibility index (Phi) is 7.93. The van der Waals surface area contributed by atoms with Gasteiger partial charge in [0, 0.05) is 18.8 Å². The van der Waals surface area contributed by atoms with E-state index in [9.17, 15) is 14.7 Å². The van der Waals surface area contributed by atoms with Gasteiger partial charge in [0.05, 0.1) is 19.1 Å². The molecule has 1 amide bonds. The number of carboxylic acid groups (broad SMARTS) is 1. The van der Waals surface area contributed by atoms with Crippen LogP contribution in [0.25, 0.3) is 0 Å². The maximum Gasteiger partial charge on any atom is 0.339 e. The number of rotatable bonds is 10. The highest BCUT2D eigenvalue weighted by atomic mass is 16.5. The number of hydrogen-bond donors (Lipinski definition) is 2. The van der Waals surface area contributed by atoms with Crippen molar-refractivity contribution in [1.29, 1.82) is 0 Å². The molecule has 166 valence electrons. The van der Waals surface area contributed by atoms with Crippen molar-refractivity contribution in [3.05, 3.63) is 59.2 Å². The third kappa shape index (κ3) is 5.78. The number of nitrogens with zero attached hydrogens (tertiary/aromatic N) is 1. The normalized spacial score (nSPS) is 14.3. The first-order valence-corrected chi connectivity index (χ1v) is 11.2. The summed E-state index contributed by atoms with van der Waals surface area (Å²) >= 11 is 0. The smallest absolute Gasteiger partial charge is 0.339 e. The highest BCUT2D eigenvalue weighted by Gasteiger charge is 2.22. The van der Waals surface area contributed by atoms with Gasteiger partial charge in [-0.2, -0.15) is 0 Å². The number of carbonyl (C=O) groups is 2. The van der Waals surface area contributed by atoms with E-state index in [1.165, 1.54) is 24.6 Å². The molecule has 1 fully saturated rings. The first kappa shape index (κ1) is 22.7. The van der Waals surface area contributed by atoms with Gasteiger partial charge in [0.2, 0.25) is 5.91 Å². The van der Waals surface area contributed by atoms with Gasteiger partial charge in [0.25, 0.3) is 0 Å². The van der Waals surface area contributed by atoms with Crippen LogP contribution < -0.4 is 15.0 Å². The lowest BCUT2D eigenvalue weighted by molar-refractivity contribution is -0.121. The molecule has 2 aromatic rings. The third-order valence-corrected chi connectivity index (χ3v) is 5.61. The van der Waals surface area contributed by atoms with E-state index in [2.05, 4.69) is 35.3 Å². The predicted octanol–water partition coefficient (Wildman–Crippen LogP) is 4.58. The van der Waals surface area contributed by atoms with Crippen molar-refractivity contribution in [2.45, 2.75) is 52.0 Å². The molecule has 1 aliphatic heterocycles. The van der Waals surface area contributed by atoms with Crippen LogP contribution >= 0.6 is 0 Å². The predicted molar refractivity (Wildman–Crippen MR) is 122 cm³/mol. The van der Waals surface area contributed by atoms with Crippen LogP contribution in [0.2, 0.25) is 0 Å². The molecular formula is C25H32N2O4. The second-order valence-electron chi connectivity index (χ2n) is 7.91. The largest absolute Gasteiger partial charge is 0.493 e. The monoisotopic (exact) mass is 424 g/mol. The molecule has 2 aromatic carbocycles. The Morgan fingerprint density at radius 3 is 2.55 bits per heavy atom. The summed E-state index contributed by atoms with van der Waals surface area (Å²) in [4.78, 5) is 26.7. The molecule has 1 unspecified atom stereocenters. The minimum Gasteiger partial charge on any atom is -0.493 e. The number of benzene rings is 2. The summed E-state index contributed by atoms with van der Waals surface area (Å²) in [7, 11) is 0. The van der Waals surface area contributed by atoms with Crippen LogP contribution in [0, 0.1) is 0 Å². The average Bonchev–Trinajstić information content (AvgIpc) is 3.28. The number of carboxylic acids is 1. The first-order chi connectivity index (χ1) is 15.0. The number of para-hydroxylation sites is 1. The first-order valence-electron chi connectivity index (χ1n) is 11.2. The zero-order valence-corrected chi connectivity index (χ0v) is 18.4. The molecule has 1 aliphatic rings. The molecule has 0 radical (unpaired) electrons. The van der Waals surface area contributed by atoms with Gasteiger partial charge in [0.1, 0.15) is 11.3 Å². The number of amides is 1. The van der Waals surface area contributed by atoms with Crippen LogP contribution in [0.15, 0.2) is 42.5 Å². The van der Waals surface area contributed by atoms with Crippen molar-refractivity contribution in [2.24, 2.45) is 0 Å². The molecule has 31 heavy (non-hydrogen) atoms. The second kappa shape index (κ2) is 10.8. The highest BCUT2D eigenvalue weighted by molar-refractivity contribution is 5.91. The van der Waals surface area contributed by atoms with Crippen LogP contribution in [-0.4, -0.2) is 36.7 Å². The fraction of sp³-hybridized carbons (Fsp3) is 0.440. The minimum absolute atomic E-state index is 0.0565. The van der Waals surface area contributed by atoms with Crippen molar-refractivity contribution in [1.82, 2.24) is 5.32 Å². The molecule has 0 aliphatic carbocycles. The highest BCUT2D eigenvalue weighted by Crippen LogP contribution is 2.31. The third-order valence-electron chi connectivity index (χ3n) is 5.61. The van der Waals surface area contributed by atoms with Crippen molar-refractivity contribution in [3.63, 3.8) is 0 Å². The number of nitrogens with one attached hydrogen (secondary N) is 1. The van der Waals surface area contributed by atoms with E-state index >= 15 is 0 Å². The fourth-order valence-corrected chi connectivity index (χ4v) is 4.18. The van der Waals surface area contributed by atoms with Crippen LogP contribution in [0.1, 0.15) is 67.1 Å². The fourth-order valence-electron chi connectivity index (χ4n) is 4.18. The lowest BCUT2D eigenvalue weighted by Crippen LogP contribution is -2.31. The Hall–Kier alpha value is -3.02. The lowest BCUT2D eigenvalue weighted by Gasteiger charge is -2.27. The van der Waals surface area contributed by atoms with Gasteiger partial charge >= 0.3 is 5.97 Å². The standard InChI is InChI=1S/C25H32N2O4/c1-3-9-21(19-10-5-6-11-22(19)27-14-7-8-15-27)26-24(28)17-18-12-13-20(25(29)30)23(16-18)31-4-2/h5-6,10-13,16,21H,3-4,7-9,14-15,17H2,1-2H3,(H,26,28)(H,29,30). The molecule has 0 spiro atoms. The van der Waals surface area contributed by atoms with Crippen LogP contribution in [0.4, 0.5) is 5.69 Å². The topological polar surface area (TPSA) is 78.9 Å². The molecule has 3 rings (SSSR count). The molecule has 1 atom stereocenters. The Morgan fingerprint density at radius 1 is 1.13 bits per heavy atom. The van der Waals surface area contributed by atoms with Gasteiger partial charge in [-0.15, -0.1) is 0 Å². The van der Waals surface area contributed by atoms with Crippen molar-refractivity contribution in [3.8, 4) is 5.75 Å². The number of hydrogen-bond acceptors (Lipinski definition) is 4. The zero-order chi connectivity index (χ0) is 22.2. The van der Waals surface area contributed by atoms with E-state index in [-0.39, 0.29) is 23.9 Å². The number of anilines is 1. The Labute approximate surface area is 184 Å². The minimum atomic E-state index is -1.04. The maximum absolute atomic E-state index is 12.9. The summed E-state index contributed by atoms with van der Waals surface area (Å²) in [5.74, 6) is -0.828. The van der Waals surface area contributed by atoms with Gasteiger partial charge in [-0.25, -0.2) is 4.79 Å². The summed E-state index contributed by atoms with van der Waals surface area (Å²) in [6.45, 7) is 6.40.